The molecule has 3 nitrogen and oxygen atoms in total. The number of aliphatic imine (C=N–C) groups is 1. The molecule has 0 atom stereocenters. The van der Waals surface area contributed by atoms with Gasteiger partial charge in [0.1, 0.15) is 6.61 Å². The lowest BCUT2D eigenvalue weighted by molar-refractivity contribution is -0.114. The fraction of sp³-hybridized carbons (Fsp3) is 0.778. The number of nitrogens with zero attached hydrogens (tertiary/aromatic N) is 1. The maximum absolute atomic E-state index is 11.3. The van der Waals surface area contributed by atoms with E-state index in [0.717, 1.165) is 19.3 Å². The second kappa shape index (κ2) is 4.91. The summed E-state index contributed by atoms with van der Waals surface area (Å²) in [7, 11) is 0. The fourth-order valence-electron chi connectivity index (χ4n) is 1.15. The van der Waals surface area contributed by atoms with E-state index in [-0.39, 0.29) is 5.78 Å². The first kappa shape index (κ1) is 9.23. The Morgan fingerprint density at radius 1 is 1.58 bits per heavy atom. The van der Waals surface area contributed by atoms with Crippen LogP contribution in [0.3, 0.4) is 0 Å². The van der Waals surface area contributed by atoms with Crippen LogP contribution in [0, 0.1) is 0 Å². The Hall–Kier alpha value is -0.860. The van der Waals surface area contributed by atoms with Crippen molar-refractivity contribution >= 4 is 11.7 Å². The third-order valence-corrected chi connectivity index (χ3v) is 1.83. The van der Waals surface area contributed by atoms with Crippen LogP contribution in [-0.2, 0) is 9.53 Å². The van der Waals surface area contributed by atoms with Crippen LogP contribution >= 0.6 is 0 Å². The smallest absolute Gasteiger partial charge is 0.253 e. The second-order valence-electron chi connectivity index (χ2n) is 2.92. The molecule has 0 aromatic rings. The van der Waals surface area contributed by atoms with Crippen molar-refractivity contribution < 1.29 is 9.53 Å². The van der Waals surface area contributed by atoms with E-state index in [1.807, 2.05) is 0 Å². The van der Waals surface area contributed by atoms with Crippen LogP contribution in [0.2, 0.25) is 0 Å². The molecule has 0 unspecified atom stereocenters. The zero-order valence-corrected chi connectivity index (χ0v) is 7.51. The van der Waals surface area contributed by atoms with Crippen LogP contribution in [0.25, 0.3) is 0 Å². The van der Waals surface area contributed by atoms with Crippen molar-refractivity contribution in [3.8, 4) is 0 Å². The summed E-state index contributed by atoms with van der Waals surface area (Å²) in [5, 5.41) is 0. The van der Waals surface area contributed by atoms with Gasteiger partial charge >= 0.3 is 0 Å². The molecule has 0 aromatic carbocycles. The second-order valence-corrected chi connectivity index (χ2v) is 2.92. The number of unbranched alkanes of at least 4 members (excludes halogenated alkanes) is 2. The van der Waals surface area contributed by atoms with Crippen molar-refractivity contribution in [3.63, 3.8) is 0 Å². The van der Waals surface area contributed by atoms with E-state index >= 15 is 0 Å². The molecule has 1 aliphatic rings. The molecule has 0 spiro atoms. The summed E-state index contributed by atoms with van der Waals surface area (Å²) in [4.78, 5) is 15.2. The first-order valence-electron chi connectivity index (χ1n) is 4.55. The van der Waals surface area contributed by atoms with Gasteiger partial charge in [0.05, 0.1) is 6.54 Å². The average Bonchev–Trinajstić information content (AvgIpc) is 2.56. The number of carbonyl (C=O) groups is 1. The fourth-order valence-corrected chi connectivity index (χ4v) is 1.15. The van der Waals surface area contributed by atoms with E-state index in [9.17, 15) is 4.79 Å². The number of hydrogen-bond acceptors (Lipinski definition) is 3. The predicted octanol–water partition coefficient (Wildman–Crippen LogP) is 1.56. The van der Waals surface area contributed by atoms with Gasteiger partial charge < -0.3 is 4.74 Å². The van der Waals surface area contributed by atoms with Gasteiger partial charge in [0.25, 0.3) is 5.90 Å². The van der Waals surface area contributed by atoms with Crippen molar-refractivity contribution in [1.82, 2.24) is 0 Å². The van der Waals surface area contributed by atoms with Crippen molar-refractivity contribution in [3.05, 3.63) is 0 Å². The highest BCUT2D eigenvalue weighted by molar-refractivity contribution is 6.36. The molecule has 0 saturated carbocycles. The van der Waals surface area contributed by atoms with Gasteiger partial charge in [0, 0.05) is 6.42 Å². The molecule has 0 amide bonds. The molecule has 0 saturated heterocycles. The minimum Gasteiger partial charge on any atom is -0.473 e. The van der Waals surface area contributed by atoms with Gasteiger partial charge in [0.2, 0.25) is 5.78 Å². The third kappa shape index (κ3) is 2.64. The summed E-state index contributed by atoms with van der Waals surface area (Å²) in [5.74, 6) is 0.423. The Labute approximate surface area is 72.8 Å². The van der Waals surface area contributed by atoms with E-state index in [4.69, 9.17) is 4.74 Å². The largest absolute Gasteiger partial charge is 0.473 e. The zero-order valence-electron chi connectivity index (χ0n) is 7.51. The standard InChI is InChI=1S/C9H15NO2/c1-2-3-4-5-8(11)9-10-6-7-12-9/h2-7H2,1H3. The lowest BCUT2D eigenvalue weighted by Gasteiger charge is -1.99. The highest BCUT2D eigenvalue weighted by Crippen LogP contribution is 2.04. The third-order valence-electron chi connectivity index (χ3n) is 1.83. The SMILES string of the molecule is CCCCCC(=O)C1=NCCO1. The van der Waals surface area contributed by atoms with Gasteiger partial charge in [-0.05, 0) is 6.42 Å². The normalized spacial score (nSPS) is 15.6. The molecule has 1 rings (SSSR count). The van der Waals surface area contributed by atoms with Crippen molar-refractivity contribution in [2.45, 2.75) is 32.6 Å². The molecule has 1 aliphatic heterocycles. The van der Waals surface area contributed by atoms with Crippen LogP contribution in [0.4, 0.5) is 0 Å². The van der Waals surface area contributed by atoms with E-state index < -0.39 is 0 Å². The molecule has 0 radical (unpaired) electrons. The Morgan fingerprint density at radius 2 is 2.42 bits per heavy atom. The first-order chi connectivity index (χ1) is 5.84. The lowest BCUT2D eigenvalue weighted by atomic mass is 10.1. The highest BCUT2D eigenvalue weighted by Gasteiger charge is 2.15. The van der Waals surface area contributed by atoms with Crippen LogP contribution < -0.4 is 0 Å². The number of hydrogen-bond donors (Lipinski definition) is 0. The molecule has 12 heavy (non-hydrogen) atoms. The van der Waals surface area contributed by atoms with Crippen LogP contribution in [0.5, 0.6) is 0 Å². The monoisotopic (exact) mass is 169 g/mol. The molecule has 68 valence electrons. The van der Waals surface area contributed by atoms with Crippen molar-refractivity contribution in [1.29, 1.82) is 0 Å². The first-order valence-corrected chi connectivity index (χ1v) is 4.55. The molecule has 3 heteroatoms. The van der Waals surface area contributed by atoms with Crippen molar-refractivity contribution in [2.75, 3.05) is 13.2 Å². The van der Waals surface area contributed by atoms with Gasteiger partial charge in [0.15, 0.2) is 0 Å². The van der Waals surface area contributed by atoms with Gasteiger partial charge in [-0.2, -0.15) is 0 Å². The number of ether oxygens (including phenoxy) is 1. The highest BCUT2D eigenvalue weighted by atomic mass is 16.5. The number of ketones is 1. The van der Waals surface area contributed by atoms with Gasteiger partial charge in [-0.1, -0.05) is 19.8 Å². The van der Waals surface area contributed by atoms with Gasteiger partial charge in [-0.15, -0.1) is 0 Å². The van der Waals surface area contributed by atoms with Crippen LogP contribution in [-0.4, -0.2) is 24.8 Å². The zero-order chi connectivity index (χ0) is 8.81. The summed E-state index contributed by atoms with van der Waals surface area (Å²) in [6.07, 6.45) is 3.80. The minimum absolute atomic E-state index is 0.0703. The number of Topliss-reactive ketones (excluding diaryl/α,β-unsaturated/α-hetero) is 1. The Balaban J connectivity index is 2.19. The summed E-state index contributed by atoms with van der Waals surface area (Å²) >= 11 is 0. The van der Waals surface area contributed by atoms with Crippen LogP contribution in [0.1, 0.15) is 32.6 Å². The molecular formula is C9H15NO2. The van der Waals surface area contributed by atoms with E-state index in [0.29, 0.717) is 25.5 Å². The number of rotatable bonds is 5. The topological polar surface area (TPSA) is 38.7 Å². The molecule has 0 fully saturated rings. The van der Waals surface area contributed by atoms with Crippen LogP contribution in [0.15, 0.2) is 4.99 Å². The molecule has 0 aliphatic carbocycles. The quantitative estimate of drug-likeness (QED) is 0.586. The van der Waals surface area contributed by atoms with Gasteiger partial charge in [-0.3, -0.25) is 4.79 Å². The predicted molar refractivity (Wildman–Crippen MR) is 47.4 cm³/mol. The molecule has 1 heterocycles. The van der Waals surface area contributed by atoms with Crippen molar-refractivity contribution in [2.24, 2.45) is 4.99 Å². The minimum atomic E-state index is 0.0703. The summed E-state index contributed by atoms with van der Waals surface area (Å²) in [6.45, 7) is 3.35. The Morgan fingerprint density at radius 3 is 3.00 bits per heavy atom. The van der Waals surface area contributed by atoms with Gasteiger partial charge in [-0.25, -0.2) is 4.99 Å². The summed E-state index contributed by atoms with van der Waals surface area (Å²) in [6, 6.07) is 0. The maximum atomic E-state index is 11.3. The summed E-state index contributed by atoms with van der Waals surface area (Å²) in [5.41, 5.74) is 0. The molecule has 0 aromatic heterocycles. The Kier molecular flexibility index (Phi) is 3.77. The van der Waals surface area contributed by atoms with E-state index in [1.54, 1.807) is 0 Å². The number of carbonyl (C=O) groups excluding carboxylic acids is 1. The molecular weight excluding hydrogens is 154 g/mol. The van der Waals surface area contributed by atoms with E-state index in [2.05, 4.69) is 11.9 Å². The average molecular weight is 169 g/mol. The lowest BCUT2D eigenvalue weighted by Crippen LogP contribution is -2.13. The Bertz CT molecular complexity index is 187. The molecule has 0 bridgehead atoms. The summed E-state index contributed by atoms with van der Waals surface area (Å²) < 4.78 is 5.05. The molecule has 0 N–H and O–H groups in total. The van der Waals surface area contributed by atoms with E-state index in [1.165, 1.54) is 0 Å². The maximum Gasteiger partial charge on any atom is 0.253 e.